The van der Waals surface area contributed by atoms with Gasteiger partial charge in [-0.25, -0.2) is 14.8 Å². The fourth-order valence-corrected chi connectivity index (χ4v) is 2.41. The molecule has 0 radical (unpaired) electrons. The summed E-state index contributed by atoms with van der Waals surface area (Å²) in [7, 11) is 0. The zero-order valence-corrected chi connectivity index (χ0v) is 9.22. The van der Waals surface area contributed by atoms with Crippen LogP contribution in [0.3, 0.4) is 0 Å². The zero-order valence-electron chi connectivity index (χ0n) is 9.22. The minimum Gasteiger partial charge on any atom is -0.477 e. The van der Waals surface area contributed by atoms with Gasteiger partial charge in [-0.2, -0.15) is 0 Å². The Bertz CT molecular complexity index is 371. The van der Waals surface area contributed by atoms with Gasteiger partial charge in [0.05, 0.1) is 0 Å². The molecule has 0 unspecified atom stereocenters. The van der Waals surface area contributed by atoms with Crippen molar-refractivity contribution in [1.29, 1.82) is 0 Å². The minimum atomic E-state index is -0.943. The highest BCUT2D eigenvalue weighted by Gasteiger charge is 2.21. The summed E-state index contributed by atoms with van der Waals surface area (Å²) in [6.45, 7) is 0. The molecular formula is C12H16N2O2. The van der Waals surface area contributed by atoms with Gasteiger partial charge in [-0.3, -0.25) is 0 Å². The third kappa shape index (κ3) is 2.38. The number of hydrogen-bond acceptors (Lipinski definition) is 3. The van der Waals surface area contributed by atoms with E-state index in [1.807, 2.05) is 0 Å². The van der Waals surface area contributed by atoms with E-state index in [4.69, 9.17) is 5.11 Å². The van der Waals surface area contributed by atoms with Crippen LogP contribution in [0, 0.1) is 0 Å². The van der Waals surface area contributed by atoms with Gasteiger partial charge in [0.15, 0.2) is 5.69 Å². The SMILES string of the molecule is O=C(O)c1ncncc1C1CCCCCC1. The van der Waals surface area contributed by atoms with E-state index in [-0.39, 0.29) is 5.69 Å². The molecule has 16 heavy (non-hydrogen) atoms. The minimum absolute atomic E-state index is 0.182. The maximum absolute atomic E-state index is 11.1. The lowest BCUT2D eigenvalue weighted by atomic mass is 9.91. The molecule has 1 aromatic rings. The summed E-state index contributed by atoms with van der Waals surface area (Å²) in [4.78, 5) is 18.9. The van der Waals surface area contributed by atoms with Crippen LogP contribution in [-0.4, -0.2) is 21.0 Å². The van der Waals surface area contributed by atoms with Crippen molar-refractivity contribution in [1.82, 2.24) is 9.97 Å². The van der Waals surface area contributed by atoms with E-state index in [1.165, 1.54) is 32.0 Å². The van der Waals surface area contributed by atoms with Crippen molar-refractivity contribution in [2.75, 3.05) is 0 Å². The standard InChI is InChI=1S/C12H16N2O2/c15-12(16)11-10(7-13-8-14-11)9-5-3-1-2-4-6-9/h7-9H,1-6H2,(H,15,16). The van der Waals surface area contributed by atoms with Crippen LogP contribution in [0.4, 0.5) is 0 Å². The van der Waals surface area contributed by atoms with Crippen molar-refractivity contribution in [3.05, 3.63) is 23.8 Å². The first kappa shape index (κ1) is 11.0. The fourth-order valence-electron chi connectivity index (χ4n) is 2.41. The summed E-state index contributed by atoms with van der Waals surface area (Å²) < 4.78 is 0. The largest absolute Gasteiger partial charge is 0.477 e. The highest BCUT2D eigenvalue weighted by Crippen LogP contribution is 2.32. The smallest absolute Gasteiger partial charge is 0.354 e. The lowest BCUT2D eigenvalue weighted by Gasteiger charge is -2.15. The Balaban J connectivity index is 2.27. The van der Waals surface area contributed by atoms with Crippen molar-refractivity contribution in [2.24, 2.45) is 0 Å². The van der Waals surface area contributed by atoms with Crippen LogP contribution >= 0.6 is 0 Å². The Hall–Kier alpha value is -1.45. The van der Waals surface area contributed by atoms with Gasteiger partial charge in [-0.15, -0.1) is 0 Å². The van der Waals surface area contributed by atoms with Gasteiger partial charge < -0.3 is 5.11 Å². The topological polar surface area (TPSA) is 63.1 Å². The second-order valence-corrected chi connectivity index (χ2v) is 4.32. The molecule has 1 saturated carbocycles. The molecule has 0 bridgehead atoms. The third-order valence-corrected chi connectivity index (χ3v) is 3.24. The number of nitrogens with zero attached hydrogens (tertiary/aromatic N) is 2. The van der Waals surface area contributed by atoms with Crippen molar-refractivity contribution >= 4 is 5.97 Å². The van der Waals surface area contributed by atoms with Crippen LogP contribution in [0.2, 0.25) is 0 Å². The summed E-state index contributed by atoms with van der Waals surface area (Å²) in [6.07, 6.45) is 9.98. The fraction of sp³-hybridized carbons (Fsp3) is 0.583. The van der Waals surface area contributed by atoms with E-state index in [2.05, 4.69) is 9.97 Å². The highest BCUT2D eigenvalue weighted by molar-refractivity contribution is 5.87. The van der Waals surface area contributed by atoms with Gasteiger partial charge in [0.25, 0.3) is 0 Å². The van der Waals surface area contributed by atoms with E-state index in [9.17, 15) is 4.79 Å². The maximum Gasteiger partial charge on any atom is 0.354 e. The lowest BCUT2D eigenvalue weighted by Crippen LogP contribution is -2.10. The molecule has 86 valence electrons. The molecule has 0 saturated heterocycles. The number of carboxylic acids is 1. The first-order valence-electron chi connectivity index (χ1n) is 5.82. The van der Waals surface area contributed by atoms with Gasteiger partial charge in [0.2, 0.25) is 0 Å². The van der Waals surface area contributed by atoms with E-state index in [0.717, 1.165) is 18.4 Å². The molecular weight excluding hydrogens is 204 g/mol. The van der Waals surface area contributed by atoms with Crippen LogP contribution in [-0.2, 0) is 0 Å². The first-order chi connectivity index (χ1) is 7.79. The van der Waals surface area contributed by atoms with Gasteiger partial charge in [0, 0.05) is 11.8 Å². The van der Waals surface area contributed by atoms with E-state index in [1.54, 1.807) is 6.20 Å². The predicted molar refractivity (Wildman–Crippen MR) is 59.4 cm³/mol. The molecule has 0 atom stereocenters. The Morgan fingerprint density at radius 2 is 1.94 bits per heavy atom. The second kappa shape index (κ2) is 5.05. The predicted octanol–water partition coefficient (Wildman–Crippen LogP) is 2.61. The Labute approximate surface area is 94.7 Å². The third-order valence-electron chi connectivity index (χ3n) is 3.24. The normalized spacial score (nSPS) is 18.0. The van der Waals surface area contributed by atoms with Gasteiger partial charge in [-0.05, 0) is 18.8 Å². The van der Waals surface area contributed by atoms with Crippen molar-refractivity contribution in [2.45, 2.75) is 44.4 Å². The summed E-state index contributed by atoms with van der Waals surface area (Å²) in [5.41, 5.74) is 0.999. The van der Waals surface area contributed by atoms with Crippen LogP contribution in [0.1, 0.15) is 60.5 Å². The quantitative estimate of drug-likeness (QED) is 0.778. The van der Waals surface area contributed by atoms with Gasteiger partial charge in [-0.1, -0.05) is 25.7 Å². The number of aromatic nitrogens is 2. The molecule has 1 N–H and O–H groups in total. The summed E-state index contributed by atoms with van der Waals surface area (Å²) in [6, 6.07) is 0. The maximum atomic E-state index is 11.1. The van der Waals surface area contributed by atoms with Crippen LogP contribution in [0.15, 0.2) is 12.5 Å². The zero-order chi connectivity index (χ0) is 11.4. The summed E-state index contributed by atoms with van der Waals surface area (Å²) >= 11 is 0. The average Bonchev–Trinajstić information content (AvgIpc) is 2.57. The Morgan fingerprint density at radius 3 is 2.56 bits per heavy atom. The van der Waals surface area contributed by atoms with Crippen LogP contribution in [0.5, 0.6) is 0 Å². The van der Waals surface area contributed by atoms with E-state index < -0.39 is 5.97 Å². The molecule has 4 nitrogen and oxygen atoms in total. The van der Waals surface area contributed by atoms with Gasteiger partial charge >= 0.3 is 5.97 Å². The highest BCUT2D eigenvalue weighted by atomic mass is 16.4. The number of carboxylic acid groups (broad SMARTS) is 1. The summed E-state index contributed by atoms with van der Waals surface area (Å²) in [5.74, 6) is -0.614. The molecule has 1 heterocycles. The molecule has 1 aliphatic carbocycles. The van der Waals surface area contributed by atoms with Crippen LogP contribution in [0.25, 0.3) is 0 Å². The molecule has 2 rings (SSSR count). The number of carbonyl (C=O) groups is 1. The molecule has 1 aliphatic rings. The van der Waals surface area contributed by atoms with Crippen molar-refractivity contribution in [3.63, 3.8) is 0 Å². The Morgan fingerprint density at radius 1 is 1.25 bits per heavy atom. The number of aromatic carboxylic acids is 1. The molecule has 0 spiro atoms. The number of rotatable bonds is 2. The molecule has 1 fully saturated rings. The van der Waals surface area contributed by atoms with Crippen molar-refractivity contribution in [3.8, 4) is 0 Å². The lowest BCUT2D eigenvalue weighted by molar-refractivity contribution is 0.0688. The van der Waals surface area contributed by atoms with Gasteiger partial charge in [0.1, 0.15) is 6.33 Å². The second-order valence-electron chi connectivity index (χ2n) is 4.32. The molecule has 4 heteroatoms. The molecule has 0 amide bonds. The van der Waals surface area contributed by atoms with E-state index >= 15 is 0 Å². The first-order valence-corrected chi connectivity index (χ1v) is 5.82. The summed E-state index contributed by atoms with van der Waals surface area (Å²) in [5, 5.41) is 9.08. The molecule has 0 aliphatic heterocycles. The van der Waals surface area contributed by atoms with Crippen LogP contribution < -0.4 is 0 Å². The monoisotopic (exact) mass is 220 g/mol. The van der Waals surface area contributed by atoms with E-state index in [0.29, 0.717) is 5.92 Å². The average molecular weight is 220 g/mol. The number of hydrogen-bond donors (Lipinski definition) is 1. The molecule has 0 aromatic carbocycles. The van der Waals surface area contributed by atoms with Crippen molar-refractivity contribution < 1.29 is 9.90 Å². The Kier molecular flexibility index (Phi) is 3.49. The molecule has 1 aromatic heterocycles.